The predicted molar refractivity (Wildman–Crippen MR) is 281 cm³/mol. The fourth-order valence-electron chi connectivity index (χ4n) is 11.1. The van der Waals surface area contributed by atoms with Crippen LogP contribution < -0.4 is 4.90 Å². The molecule has 0 spiro atoms. The van der Waals surface area contributed by atoms with Gasteiger partial charge in [-0.2, -0.15) is 0 Å². The molecule has 0 radical (unpaired) electrons. The maximum Gasteiger partial charge on any atom is 0.0714 e. The number of nitrogens with zero attached hydrogens (tertiary/aromatic N) is 2. The first-order valence-electron chi connectivity index (χ1n) is 23.2. The first-order valence-corrected chi connectivity index (χ1v) is 23.2. The SMILES string of the molecule is c1ccc(-c2ccc(N(c3ccc4c(c3)C(c3ccccc3)(c3ccccc3)c3ccccc3-4)c3cc(-c4ccc5ccccc5c4)c4c5ccccc5n(-c5ccccc5)c4c3)cc2)cc1. The van der Waals surface area contributed by atoms with Crippen LogP contribution in [0.25, 0.3) is 71.6 Å². The van der Waals surface area contributed by atoms with E-state index in [4.69, 9.17) is 0 Å². The Morgan fingerprint density at radius 2 is 0.881 bits per heavy atom. The van der Waals surface area contributed by atoms with Gasteiger partial charge in [0.25, 0.3) is 0 Å². The number of rotatable bonds is 8. The van der Waals surface area contributed by atoms with Crippen molar-refractivity contribution in [3.05, 3.63) is 289 Å². The summed E-state index contributed by atoms with van der Waals surface area (Å²) >= 11 is 0. The fraction of sp³-hybridized carbons (Fsp3) is 0.0154. The molecule has 0 N–H and O–H groups in total. The lowest BCUT2D eigenvalue weighted by Crippen LogP contribution is -2.28. The Balaban J connectivity index is 1.13. The van der Waals surface area contributed by atoms with Gasteiger partial charge in [-0.1, -0.05) is 206 Å². The summed E-state index contributed by atoms with van der Waals surface area (Å²) in [6.45, 7) is 0. The molecule has 12 aromatic rings. The minimum Gasteiger partial charge on any atom is -0.310 e. The minimum absolute atomic E-state index is 0.548. The molecule has 0 amide bonds. The van der Waals surface area contributed by atoms with Gasteiger partial charge in [0, 0.05) is 33.5 Å². The van der Waals surface area contributed by atoms with E-state index in [1.54, 1.807) is 0 Å². The second-order valence-corrected chi connectivity index (χ2v) is 17.6. The molecule has 1 aromatic heterocycles. The molecule has 13 rings (SSSR count). The summed E-state index contributed by atoms with van der Waals surface area (Å²) in [5, 5.41) is 4.90. The molecule has 0 fully saturated rings. The van der Waals surface area contributed by atoms with Crippen LogP contribution in [-0.4, -0.2) is 4.57 Å². The van der Waals surface area contributed by atoms with Crippen molar-refractivity contribution in [2.24, 2.45) is 0 Å². The van der Waals surface area contributed by atoms with Crippen LogP contribution in [0, 0.1) is 0 Å². The van der Waals surface area contributed by atoms with Crippen molar-refractivity contribution in [1.82, 2.24) is 4.57 Å². The van der Waals surface area contributed by atoms with Gasteiger partial charge in [-0.05, 0) is 127 Å². The van der Waals surface area contributed by atoms with Crippen molar-refractivity contribution >= 4 is 49.6 Å². The monoisotopic (exact) mass is 852 g/mol. The van der Waals surface area contributed by atoms with Gasteiger partial charge >= 0.3 is 0 Å². The summed E-state index contributed by atoms with van der Waals surface area (Å²) in [6, 6.07) is 98.3. The standard InChI is InChI=1S/C65H44N2/c1-5-19-45(20-6-1)47-35-37-53(38-36-47)66(54-39-40-57-56-29-15-17-31-60(56)65(61(57)43-54,50-23-7-2-8-24-50)51-25-9-3-10-26-51)55-42-59(49-34-33-46-21-13-14-22-48(46)41-49)64-58-30-16-18-32-62(58)67(63(64)44-55)52-27-11-4-12-28-52/h1-44H. The summed E-state index contributed by atoms with van der Waals surface area (Å²) in [7, 11) is 0. The van der Waals surface area contributed by atoms with Crippen LogP contribution in [0.2, 0.25) is 0 Å². The van der Waals surface area contributed by atoms with Crippen molar-refractivity contribution in [2.45, 2.75) is 5.41 Å². The molecule has 1 aliphatic carbocycles. The lowest BCUT2D eigenvalue weighted by molar-refractivity contribution is 0.768. The summed E-state index contributed by atoms with van der Waals surface area (Å²) in [5.41, 5.74) is 18.4. The zero-order valence-corrected chi connectivity index (χ0v) is 36.8. The third-order valence-corrected chi connectivity index (χ3v) is 14.0. The largest absolute Gasteiger partial charge is 0.310 e. The Hall–Kier alpha value is -8.72. The lowest BCUT2D eigenvalue weighted by Gasteiger charge is -2.35. The van der Waals surface area contributed by atoms with Crippen LogP contribution in [0.5, 0.6) is 0 Å². The van der Waals surface area contributed by atoms with E-state index in [-0.39, 0.29) is 0 Å². The Morgan fingerprint density at radius 3 is 1.63 bits per heavy atom. The Morgan fingerprint density at radius 1 is 0.313 bits per heavy atom. The molecule has 0 aliphatic heterocycles. The van der Waals surface area contributed by atoms with Crippen molar-refractivity contribution in [3.63, 3.8) is 0 Å². The van der Waals surface area contributed by atoms with Gasteiger partial charge in [-0.25, -0.2) is 0 Å². The first kappa shape index (κ1) is 38.7. The Kier molecular flexibility index (Phi) is 9.11. The topological polar surface area (TPSA) is 8.17 Å². The van der Waals surface area contributed by atoms with Crippen LogP contribution in [0.3, 0.4) is 0 Å². The van der Waals surface area contributed by atoms with E-state index < -0.39 is 5.41 Å². The fourth-order valence-corrected chi connectivity index (χ4v) is 11.1. The van der Waals surface area contributed by atoms with Gasteiger partial charge < -0.3 is 9.47 Å². The zero-order chi connectivity index (χ0) is 44.3. The highest BCUT2D eigenvalue weighted by Gasteiger charge is 2.46. The Bertz CT molecular complexity index is 3740. The molecule has 0 bridgehead atoms. The maximum absolute atomic E-state index is 2.48. The van der Waals surface area contributed by atoms with E-state index in [2.05, 4.69) is 276 Å². The molecule has 0 atom stereocenters. The number of para-hydroxylation sites is 2. The number of aromatic nitrogens is 1. The summed E-state index contributed by atoms with van der Waals surface area (Å²) in [6.07, 6.45) is 0. The zero-order valence-electron chi connectivity index (χ0n) is 36.8. The summed E-state index contributed by atoms with van der Waals surface area (Å²) < 4.78 is 2.45. The molecular weight excluding hydrogens is 809 g/mol. The van der Waals surface area contributed by atoms with Crippen LogP contribution >= 0.6 is 0 Å². The predicted octanol–water partition coefficient (Wildman–Crippen LogP) is 17.1. The van der Waals surface area contributed by atoms with Gasteiger partial charge in [0.1, 0.15) is 0 Å². The smallest absolute Gasteiger partial charge is 0.0714 e. The molecular formula is C65H44N2. The van der Waals surface area contributed by atoms with Crippen molar-refractivity contribution < 1.29 is 0 Å². The lowest BCUT2D eigenvalue weighted by atomic mass is 9.67. The molecule has 11 aromatic carbocycles. The first-order chi connectivity index (χ1) is 33.2. The van der Waals surface area contributed by atoms with E-state index in [1.807, 2.05) is 0 Å². The third kappa shape index (κ3) is 6.18. The molecule has 67 heavy (non-hydrogen) atoms. The highest BCUT2D eigenvalue weighted by molar-refractivity contribution is 6.17. The van der Waals surface area contributed by atoms with Crippen LogP contribution in [0.1, 0.15) is 22.3 Å². The van der Waals surface area contributed by atoms with Gasteiger partial charge in [-0.3, -0.25) is 0 Å². The number of anilines is 3. The second-order valence-electron chi connectivity index (χ2n) is 17.6. The van der Waals surface area contributed by atoms with E-state index in [0.29, 0.717) is 0 Å². The van der Waals surface area contributed by atoms with Crippen molar-refractivity contribution in [2.75, 3.05) is 4.90 Å². The number of hydrogen-bond donors (Lipinski definition) is 0. The highest BCUT2D eigenvalue weighted by atomic mass is 15.1. The Labute approximate surface area is 390 Å². The molecule has 1 aliphatic rings. The summed E-state index contributed by atoms with van der Waals surface area (Å²) in [5.74, 6) is 0. The quantitative estimate of drug-likeness (QED) is 0.148. The normalized spacial score (nSPS) is 12.6. The van der Waals surface area contributed by atoms with Gasteiger partial charge in [-0.15, -0.1) is 0 Å². The average Bonchev–Trinajstić information content (AvgIpc) is 3.90. The van der Waals surface area contributed by atoms with Gasteiger partial charge in [0.2, 0.25) is 0 Å². The maximum atomic E-state index is 2.48. The molecule has 2 heteroatoms. The van der Waals surface area contributed by atoms with E-state index >= 15 is 0 Å². The van der Waals surface area contributed by atoms with E-state index in [1.165, 1.54) is 82.7 Å². The van der Waals surface area contributed by atoms with Crippen LogP contribution in [0.4, 0.5) is 17.1 Å². The van der Waals surface area contributed by atoms with Crippen LogP contribution in [0.15, 0.2) is 267 Å². The molecule has 314 valence electrons. The number of fused-ring (bicyclic) bond motifs is 7. The number of benzene rings is 11. The van der Waals surface area contributed by atoms with Gasteiger partial charge in [0.05, 0.1) is 16.4 Å². The second kappa shape index (κ2) is 15.8. The summed E-state index contributed by atoms with van der Waals surface area (Å²) in [4.78, 5) is 2.48. The minimum atomic E-state index is -0.548. The van der Waals surface area contributed by atoms with Crippen molar-refractivity contribution in [1.29, 1.82) is 0 Å². The molecule has 0 saturated carbocycles. The van der Waals surface area contributed by atoms with E-state index in [9.17, 15) is 0 Å². The molecule has 0 unspecified atom stereocenters. The van der Waals surface area contributed by atoms with E-state index in [0.717, 1.165) is 28.3 Å². The average molecular weight is 853 g/mol. The molecule has 0 saturated heterocycles. The van der Waals surface area contributed by atoms with Crippen LogP contribution in [-0.2, 0) is 5.41 Å². The number of hydrogen-bond acceptors (Lipinski definition) is 1. The third-order valence-electron chi connectivity index (χ3n) is 14.0. The van der Waals surface area contributed by atoms with Crippen molar-refractivity contribution in [3.8, 4) is 39.1 Å². The van der Waals surface area contributed by atoms with Gasteiger partial charge in [0.15, 0.2) is 0 Å². The molecule has 1 heterocycles. The molecule has 2 nitrogen and oxygen atoms in total. The highest BCUT2D eigenvalue weighted by Crippen LogP contribution is 2.57.